The van der Waals surface area contributed by atoms with Gasteiger partial charge in [0.05, 0.1) is 12.8 Å². The molecule has 3 rings (SSSR count). The molecule has 0 saturated carbocycles. The van der Waals surface area contributed by atoms with Gasteiger partial charge in [0, 0.05) is 5.56 Å². The molecule has 0 aliphatic carbocycles. The van der Waals surface area contributed by atoms with E-state index in [1.54, 1.807) is 19.1 Å². The number of hydrogen-bond acceptors (Lipinski definition) is 4. The number of rotatable bonds is 4. The summed E-state index contributed by atoms with van der Waals surface area (Å²) in [5.74, 6) is -0.0137. The van der Waals surface area contributed by atoms with Gasteiger partial charge in [-0.1, -0.05) is 6.07 Å². The van der Waals surface area contributed by atoms with Gasteiger partial charge in [0.15, 0.2) is 11.3 Å². The molecule has 136 valence electrons. The van der Waals surface area contributed by atoms with Gasteiger partial charge in [0.1, 0.15) is 5.76 Å². The Morgan fingerprint density at radius 3 is 2.50 bits per heavy atom. The Labute approximate surface area is 152 Å². The van der Waals surface area contributed by atoms with Crippen molar-refractivity contribution in [3.8, 4) is 0 Å². The number of Topliss-reactive ketones (excluding diaryl/α,β-unsaturated/α-hetero) is 1. The Morgan fingerprint density at radius 2 is 1.92 bits per heavy atom. The Hall–Kier alpha value is -2.89. The molecule has 1 atom stereocenters. The minimum absolute atomic E-state index is 0.0288. The van der Waals surface area contributed by atoms with Gasteiger partial charge in [-0.3, -0.25) is 14.5 Å². The summed E-state index contributed by atoms with van der Waals surface area (Å²) in [7, 11) is 0. The molecule has 1 aromatic carbocycles. The minimum atomic E-state index is -1.23. The van der Waals surface area contributed by atoms with Gasteiger partial charge in [-0.2, -0.15) is 0 Å². The van der Waals surface area contributed by atoms with Gasteiger partial charge < -0.3 is 9.73 Å². The Morgan fingerprint density at radius 1 is 1.23 bits per heavy atom. The fourth-order valence-corrected chi connectivity index (χ4v) is 3.74. The zero-order valence-electron chi connectivity index (χ0n) is 15.6. The molecule has 2 aromatic rings. The van der Waals surface area contributed by atoms with Crippen LogP contribution in [0.25, 0.3) is 0 Å². The average Bonchev–Trinajstić information content (AvgIpc) is 3.14. The number of ketones is 1. The molecule has 2 heterocycles. The van der Waals surface area contributed by atoms with E-state index in [1.807, 2.05) is 26.8 Å². The molecule has 0 bridgehead atoms. The fourth-order valence-electron chi connectivity index (χ4n) is 3.74. The number of benzene rings is 1. The summed E-state index contributed by atoms with van der Waals surface area (Å²) in [6.07, 6.45) is 1.47. The van der Waals surface area contributed by atoms with Crippen molar-refractivity contribution in [2.24, 2.45) is 0 Å². The third-order valence-electron chi connectivity index (χ3n) is 5.09. The van der Waals surface area contributed by atoms with Crippen LogP contribution in [0, 0.1) is 20.8 Å². The summed E-state index contributed by atoms with van der Waals surface area (Å²) in [4.78, 5) is 38.6. The highest BCUT2D eigenvalue weighted by Crippen LogP contribution is 2.32. The van der Waals surface area contributed by atoms with Crippen LogP contribution in [-0.4, -0.2) is 22.6 Å². The number of hydrogen-bond donors (Lipinski definition) is 1. The number of nitrogens with zero attached hydrogens (tertiary/aromatic N) is 1. The second kappa shape index (κ2) is 6.12. The van der Waals surface area contributed by atoms with Crippen molar-refractivity contribution in [1.82, 2.24) is 10.2 Å². The van der Waals surface area contributed by atoms with E-state index in [4.69, 9.17) is 4.42 Å². The molecule has 0 spiro atoms. The van der Waals surface area contributed by atoms with E-state index in [0.29, 0.717) is 11.3 Å². The predicted molar refractivity (Wildman–Crippen MR) is 95.8 cm³/mol. The summed E-state index contributed by atoms with van der Waals surface area (Å²) in [5.41, 5.74) is 2.88. The van der Waals surface area contributed by atoms with Crippen LogP contribution in [0.15, 0.2) is 28.9 Å². The highest BCUT2D eigenvalue weighted by Gasteiger charge is 2.51. The zero-order chi connectivity index (χ0) is 19.2. The maximum absolute atomic E-state index is 13.0. The number of furan rings is 1. The molecule has 0 unspecified atom stereocenters. The molecule has 1 N–H and O–H groups in total. The standard InChI is InChI=1S/C20H22N2O4/c1-11-9-12(2)17(14(4)23)13(3)15(11)10-22-18(24)20(5,21-19(22)25)16-7-6-8-26-16/h6-9H,10H2,1-5H3,(H,21,25)/t20-/m0/s1. The third kappa shape index (κ3) is 2.62. The highest BCUT2D eigenvalue weighted by molar-refractivity contribution is 6.07. The molecule has 6 heteroatoms. The van der Waals surface area contributed by atoms with Crippen molar-refractivity contribution in [1.29, 1.82) is 0 Å². The first-order valence-corrected chi connectivity index (χ1v) is 8.45. The summed E-state index contributed by atoms with van der Waals surface area (Å²) in [6.45, 7) is 8.93. The third-order valence-corrected chi connectivity index (χ3v) is 5.09. The molecule has 26 heavy (non-hydrogen) atoms. The fraction of sp³-hybridized carbons (Fsp3) is 0.350. The zero-order valence-corrected chi connectivity index (χ0v) is 15.6. The van der Waals surface area contributed by atoms with Gasteiger partial charge in [-0.25, -0.2) is 4.79 Å². The first-order valence-electron chi connectivity index (χ1n) is 8.45. The maximum atomic E-state index is 13.0. The maximum Gasteiger partial charge on any atom is 0.325 e. The minimum Gasteiger partial charge on any atom is -0.466 e. The molecule has 1 aliphatic heterocycles. The summed E-state index contributed by atoms with van der Waals surface area (Å²) < 4.78 is 5.34. The lowest BCUT2D eigenvalue weighted by Gasteiger charge is -2.21. The first kappa shape index (κ1) is 17.9. The van der Waals surface area contributed by atoms with E-state index in [1.165, 1.54) is 18.1 Å². The highest BCUT2D eigenvalue weighted by atomic mass is 16.3. The Balaban J connectivity index is 2.00. The van der Waals surface area contributed by atoms with Crippen LogP contribution < -0.4 is 5.32 Å². The monoisotopic (exact) mass is 354 g/mol. The molecular formula is C20H22N2O4. The second-order valence-electron chi connectivity index (χ2n) is 6.97. The number of urea groups is 1. The molecule has 1 fully saturated rings. The SMILES string of the molecule is CC(=O)c1c(C)cc(C)c(CN2C(=O)N[C@@](C)(c3ccco3)C2=O)c1C. The van der Waals surface area contributed by atoms with Crippen molar-refractivity contribution in [2.75, 3.05) is 0 Å². The van der Waals surface area contributed by atoms with Crippen molar-refractivity contribution in [3.63, 3.8) is 0 Å². The van der Waals surface area contributed by atoms with E-state index in [2.05, 4.69) is 5.32 Å². The van der Waals surface area contributed by atoms with E-state index >= 15 is 0 Å². The van der Waals surface area contributed by atoms with Crippen LogP contribution >= 0.6 is 0 Å². The number of nitrogens with one attached hydrogen (secondary N) is 1. The van der Waals surface area contributed by atoms with Crippen LogP contribution in [0.2, 0.25) is 0 Å². The van der Waals surface area contributed by atoms with Crippen molar-refractivity contribution in [3.05, 3.63) is 58.0 Å². The number of amides is 3. The van der Waals surface area contributed by atoms with E-state index < -0.39 is 11.6 Å². The smallest absolute Gasteiger partial charge is 0.325 e. The van der Waals surface area contributed by atoms with E-state index in [-0.39, 0.29) is 18.2 Å². The lowest BCUT2D eigenvalue weighted by molar-refractivity contribution is -0.132. The lowest BCUT2D eigenvalue weighted by atomic mass is 9.91. The summed E-state index contributed by atoms with van der Waals surface area (Å²) in [5, 5.41) is 2.72. The van der Waals surface area contributed by atoms with Crippen molar-refractivity contribution < 1.29 is 18.8 Å². The van der Waals surface area contributed by atoms with Gasteiger partial charge in [-0.15, -0.1) is 0 Å². The quantitative estimate of drug-likeness (QED) is 0.674. The van der Waals surface area contributed by atoms with Crippen LogP contribution in [0.4, 0.5) is 4.79 Å². The van der Waals surface area contributed by atoms with Gasteiger partial charge >= 0.3 is 6.03 Å². The molecule has 0 radical (unpaired) electrons. The van der Waals surface area contributed by atoms with E-state index in [0.717, 1.165) is 22.3 Å². The first-order chi connectivity index (χ1) is 12.2. The summed E-state index contributed by atoms with van der Waals surface area (Å²) >= 11 is 0. The Bertz CT molecular complexity index is 914. The van der Waals surface area contributed by atoms with E-state index in [9.17, 15) is 14.4 Å². The molecule has 6 nitrogen and oxygen atoms in total. The Kier molecular flexibility index (Phi) is 4.22. The molecule has 1 saturated heterocycles. The number of imide groups is 1. The number of carbonyl (C=O) groups is 3. The summed E-state index contributed by atoms with van der Waals surface area (Å²) in [6, 6.07) is 4.79. The molecule has 1 aliphatic rings. The largest absolute Gasteiger partial charge is 0.466 e. The average molecular weight is 354 g/mol. The van der Waals surface area contributed by atoms with Crippen LogP contribution in [0.1, 0.15) is 52.2 Å². The molecule has 3 amide bonds. The normalized spacial score (nSPS) is 19.8. The van der Waals surface area contributed by atoms with Crippen LogP contribution in [0.5, 0.6) is 0 Å². The molecular weight excluding hydrogens is 332 g/mol. The second-order valence-corrected chi connectivity index (χ2v) is 6.97. The van der Waals surface area contributed by atoms with Crippen molar-refractivity contribution in [2.45, 2.75) is 46.7 Å². The van der Waals surface area contributed by atoms with Crippen LogP contribution in [-0.2, 0) is 16.9 Å². The van der Waals surface area contributed by atoms with Gasteiger partial charge in [0.2, 0.25) is 0 Å². The van der Waals surface area contributed by atoms with Gasteiger partial charge in [-0.05, 0) is 69.0 Å². The van der Waals surface area contributed by atoms with Crippen LogP contribution in [0.3, 0.4) is 0 Å². The molecule has 1 aromatic heterocycles. The number of aryl methyl sites for hydroxylation is 2. The topological polar surface area (TPSA) is 79.6 Å². The predicted octanol–water partition coefficient (Wildman–Crippen LogP) is 3.37. The lowest BCUT2D eigenvalue weighted by Crippen LogP contribution is -2.40. The number of carbonyl (C=O) groups excluding carboxylic acids is 3. The van der Waals surface area contributed by atoms with Crippen molar-refractivity contribution >= 4 is 17.7 Å². The van der Waals surface area contributed by atoms with Gasteiger partial charge in [0.25, 0.3) is 5.91 Å².